The molecule has 1 aliphatic rings. The van der Waals surface area contributed by atoms with Crippen LogP contribution in [-0.2, 0) is 28.6 Å². The Balaban J connectivity index is 2.36. The van der Waals surface area contributed by atoms with Gasteiger partial charge in [0.15, 0.2) is 5.79 Å². The Kier molecular flexibility index (Phi) is 7.85. The number of ether oxygens (including phenoxy) is 3. The second kappa shape index (κ2) is 9.13. The van der Waals surface area contributed by atoms with Crippen LogP contribution in [-0.4, -0.2) is 43.6 Å². The second-order valence-electron chi connectivity index (χ2n) is 6.09. The highest BCUT2D eigenvalue weighted by molar-refractivity contribution is 5.78. The molecule has 1 rings (SSSR count). The highest BCUT2D eigenvalue weighted by atomic mass is 16.7. The number of ketones is 1. The number of Topliss-reactive ketones (excluding diaryl/α,β-unsaturated/α-hetero) is 1. The van der Waals surface area contributed by atoms with E-state index < -0.39 is 5.79 Å². The maximum atomic E-state index is 12.0. The Labute approximate surface area is 137 Å². The first-order valence-electron chi connectivity index (χ1n) is 8.22. The summed E-state index contributed by atoms with van der Waals surface area (Å²) in [5.41, 5.74) is -0.377. The van der Waals surface area contributed by atoms with Gasteiger partial charge in [0.25, 0.3) is 0 Å². The van der Waals surface area contributed by atoms with E-state index in [0.717, 1.165) is 25.5 Å². The molecule has 1 aliphatic heterocycles. The van der Waals surface area contributed by atoms with Crippen LogP contribution in [0.2, 0.25) is 0 Å². The number of hydrogen-bond donors (Lipinski definition) is 0. The molecule has 1 heterocycles. The van der Waals surface area contributed by atoms with Crippen LogP contribution in [0.1, 0.15) is 64.7 Å². The maximum Gasteiger partial charge on any atom is 0.306 e. The molecule has 0 radical (unpaired) electrons. The molecule has 6 nitrogen and oxygen atoms in total. The zero-order valence-electron chi connectivity index (χ0n) is 14.4. The molecule has 0 aromatic heterocycles. The lowest BCUT2D eigenvalue weighted by molar-refractivity contribution is -0.211. The highest BCUT2D eigenvalue weighted by Gasteiger charge is 2.38. The quantitative estimate of drug-likeness (QED) is 0.311. The van der Waals surface area contributed by atoms with Crippen molar-refractivity contribution in [3.63, 3.8) is 0 Å². The number of aldehydes is 1. The Morgan fingerprint density at radius 2 is 2.04 bits per heavy atom. The summed E-state index contributed by atoms with van der Waals surface area (Å²) in [5, 5.41) is 0. The van der Waals surface area contributed by atoms with E-state index in [2.05, 4.69) is 0 Å². The molecule has 23 heavy (non-hydrogen) atoms. The van der Waals surface area contributed by atoms with Gasteiger partial charge in [0.2, 0.25) is 0 Å². The molecule has 0 aliphatic carbocycles. The Morgan fingerprint density at radius 1 is 1.35 bits per heavy atom. The average Bonchev–Trinajstić information content (AvgIpc) is 2.93. The Hall–Kier alpha value is -1.27. The lowest BCUT2D eigenvalue weighted by Crippen LogP contribution is -2.35. The summed E-state index contributed by atoms with van der Waals surface area (Å²) in [6.07, 6.45) is 5.32. The largest absolute Gasteiger partial charge is 0.459 e. The van der Waals surface area contributed by atoms with Crippen LogP contribution in [0.5, 0.6) is 0 Å². The molecule has 0 saturated carbocycles. The Bertz CT molecular complexity index is 415. The van der Waals surface area contributed by atoms with Crippen LogP contribution in [0, 0.1) is 0 Å². The minimum Gasteiger partial charge on any atom is -0.459 e. The van der Waals surface area contributed by atoms with Crippen molar-refractivity contribution >= 4 is 18.0 Å². The molecule has 132 valence electrons. The van der Waals surface area contributed by atoms with Crippen molar-refractivity contribution in [2.45, 2.75) is 76.1 Å². The van der Waals surface area contributed by atoms with Gasteiger partial charge in [-0.3, -0.25) is 9.59 Å². The first kappa shape index (κ1) is 19.8. The zero-order chi connectivity index (χ0) is 17.3. The van der Waals surface area contributed by atoms with E-state index in [9.17, 15) is 14.4 Å². The summed E-state index contributed by atoms with van der Waals surface area (Å²) in [6, 6.07) is 0. The molecule has 0 N–H and O–H groups in total. The number of methoxy groups -OCH3 is 2. The van der Waals surface area contributed by atoms with Gasteiger partial charge in [-0.25, -0.2) is 0 Å². The first-order chi connectivity index (χ1) is 10.9. The third-order valence-electron chi connectivity index (χ3n) is 4.77. The lowest BCUT2D eigenvalue weighted by Gasteiger charge is -2.29. The maximum absolute atomic E-state index is 12.0. The molecule has 0 amide bonds. The summed E-state index contributed by atoms with van der Waals surface area (Å²) < 4.78 is 15.9. The van der Waals surface area contributed by atoms with Crippen LogP contribution >= 0.6 is 0 Å². The molecule has 1 atom stereocenters. The summed E-state index contributed by atoms with van der Waals surface area (Å²) >= 11 is 0. The molecule has 0 spiro atoms. The molecule has 0 aromatic carbocycles. The predicted octanol–water partition coefficient (Wildman–Crippen LogP) is 2.57. The molecule has 1 fully saturated rings. The van der Waals surface area contributed by atoms with Gasteiger partial charge in [0.05, 0.1) is 6.42 Å². The SMILES string of the molecule is CCC1(CCCC(=O)CCC(CC=O)(OC)OC)CCC(=O)O1. The number of rotatable bonds is 12. The molecular weight excluding hydrogens is 300 g/mol. The average molecular weight is 328 g/mol. The number of esters is 1. The second-order valence-corrected chi connectivity index (χ2v) is 6.09. The fourth-order valence-electron chi connectivity index (χ4n) is 3.02. The monoisotopic (exact) mass is 328 g/mol. The van der Waals surface area contributed by atoms with Gasteiger partial charge >= 0.3 is 5.97 Å². The smallest absolute Gasteiger partial charge is 0.306 e. The molecule has 6 heteroatoms. The normalized spacial score (nSPS) is 21.3. The fourth-order valence-corrected chi connectivity index (χ4v) is 3.02. The number of carbonyl (C=O) groups is 3. The van der Waals surface area contributed by atoms with E-state index in [1.165, 1.54) is 14.2 Å². The predicted molar refractivity (Wildman–Crippen MR) is 83.9 cm³/mol. The van der Waals surface area contributed by atoms with Gasteiger partial charge in [-0.15, -0.1) is 0 Å². The zero-order valence-corrected chi connectivity index (χ0v) is 14.4. The van der Waals surface area contributed by atoms with Gasteiger partial charge in [-0.2, -0.15) is 0 Å². The lowest BCUT2D eigenvalue weighted by atomic mass is 9.90. The fraction of sp³-hybridized carbons (Fsp3) is 0.824. The molecular formula is C17H28O6. The van der Waals surface area contributed by atoms with Gasteiger partial charge in [-0.1, -0.05) is 6.92 Å². The van der Waals surface area contributed by atoms with Crippen LogP contribution in [0.4, 0.5) is 0 Å². The number of carbonyl (C=O) groups excluding carboxylic acids is 3. The van der Waals surface area contributed by atoms with Gasteiger partial charge < -0.3 is 19.0 Å². The number of cyclic esters (lactones) is 1. The van der Waals surface area contributed by atoms with Crippen molar-refractivity contribution < 1.29 is 28.6 Å². The topological polar surface area (TPSA) is 78.9 Å². The van der Waals surface area contributed by atoms with Gasteiger partial charge in [-0.05, 0) is 25.7 Å². The van der Waals surface area contributed by atoms with Gasteiger partial charge in [0, 0.05) is 39.9 Å². The first-order valence-corrected chi connectivity index (χ1v) is 8.22. The summed E-state index contributed by atoms with van der Waals surface area (Å²) in [5.74, 6) is -1.05. The third kappa shape index (κ3) is 5.70. The van der Waals surface area contributed by atoms with Crippen molar-refractivity contribution in [3.8, 4) is 0 Å². The minimum atomic E-state index is -1.01. The van der Waals surface area contributed by atoms with Crippen LogP contribution in [0.15, 0.2) is 0 Å². The highest BCUT2D eigenvalue weighted by Crippen LogP contribution is 2.34. The van der Waals surface area contributed by atoms with E-state index in [1.807, 2.05) is 6.92 Å². The third-order valence-corrected chi connectivity index (χ3v) is 4.77. The van der Waals surface area contributed by atoms with Crippen LogP contribution in [0.25, 0.3) is 0 Å². The van der Waals surface area contributed by atoms with Crippen molar-refractivity contribution in [1.29, 1.82) is 0 Å². The standard InChI is InChI=1S/C17H28O6/c1-4-16(10-8-15(20)23-16)9-5-6-14(19)7-11-17(21-2,22-3)12-13-18/h13H,4-12H2,1-3H3. The molecule has 0 aromatic rings. The number of hydrogen-bond acceptors (Lipinski definition) is 6. The molecule has 1 saturated heterocycles. The minimum absolute atomic E-state index is 0.0994. The molecule has 1 unspecified atom stereocenters. The summed E-state index contributed by atoms with van der Waals surface area (Å²) in [7, 11) is 2.94. The van der Waals surface area contributed by atoms with Crippen molar-refractivity contribution in [3.05, 3.63) is 0 Å². The molecule has 0 bridgehead atoms. The summed E-state index contributed by atoms with van der Waals surface area (Å²) in [4.78, 5) is 34.1. The van der Waals surface area contributed by atoms with E-state index in [4.69, 9.17) is 14.2 Å². The van der Waals surface area contributed by atoms with Crippen molar-refractivity contribution in [2.24, 2.45) is 0 Å². The van der Waals surface area contributed by atoms with Crippen LogP contribution < -0.4 is 0 Å². The van der Waals surface area contributed by atoms with E-state index in [1.54, 1.807) is 0 Å². The van der Waals surface area contributed by atoms with Crippen molar-refractivity contribution in [2.75, 3.05) is 14.2 Å². The van der Waals surface area contributed by atoms with E-state index in [0.29, 0.717) is 32.1 Å². The van der Waals surface area contributed by atoms with E-state index in [-0.39, 0.29) is 23.8 Å². The Morgan fingerprint density at radius 3 is 2.52 bits per heavy atom. The van der Waals surface area contributed by atoms with Crippen molar-refractivity contribution in [1.82, 2.24) is 0 Å². The van der Waals surface area contributed by atoms with Gasteiger partial charge in [0.1, 0.15) is 17.7 Å². The van der Waals surface area contributed by atoms with E-state index >= 15 is 0 Å². The van der Waals surface area contributed by atoms with Crippen LogP contribution in [0.3, 0.4) is 0 Å². The summed E-state index contributed by atoms with van der Waals surface area (Å²) in [6.45, 7) is 2.01.